The molecule has 5 nitrogen and oxygen atoms in total. The number of aryl methyl sites for hydroxylation is 1. The molecule has 0 saturated heterocycles. The molecule has 2 amide bonds. The van der Waals surface area contributed by atoms with E-state index < -0.39 is 11.9 Å². The molecule has 0 aliphatic heterocycles. The molecule has 0 heterocycles. The Morgan fingerprint density at radius 1 is 1.12 bits per heavy atom. The third-order valence-electron chi connectivity index (χ3n) is 3.77. The van der Waals surface area contributed by atoms with E-state index in [9.17, 15) is 14.0 Å². The van der Waals surface area contributed by atoms with Gasteiger partial charge in [-0.2, -0.15) is 0 Å². The number of carbonyl (C=O) groups is 2. The fourth-order valence-electron chi connectivity index (χ4n) is 2.47. The third-order valence-corrected chi connectivity index (χ3v) is 3.77. The van der Waals surface area contributed by atoms with Crippen molar-refractivity contribution in [2.45, 2.75) is 26.3 Å². The molecule has 0 saturated carbocycles. The highest BCUT2D eigenvalue weighted by Gasteiger charge is 2.17. The monoisotopic (exact) mass is 358 g/mol. The van der Waals surface area contributed by atoms with Crippen LogP contribution in [0.5, 0.6) is 5.75 Å². The lowest BCUT2D eigenvalue weighted by atomic mass is 10.0. The van der Waals surface area contributed by atoms with Crippen LogP contribution in [0.15, 0.2) is 48.5 Å². The number of rotatable bonds is 8. The summed E-state index contributed by atoms with van der Waals surface area (Å²) >= 11 is 0. The first-order valence-electron chi connectivity index (χ1n) is 8.43. The van der Waals surface area contributed by atoms with E-state index in [1.165, 1.54) is 19.1 Å². The van der Waals surface area contributed by atoms with Crippen molar-refractivity contribution in [2.75, 3.05) is 13.2 Å². The van der Waals surface area contributed by atoms with Crippen molar-refractivity contribution in [1.82, 2.24) is 10.6 Å². The zero-order chi connectivity index (χ0) is 18.9. The number of carbonyl (C=O) groups excluding carboxylic acids is 2. The summed E-state index contributed by atoms with van der Waals surface area (Å²) in [6, 6.07) is 13.4. The molecule has 1 atom stereocenters. The fourth-order valence-corrected chi connectivity index (χ4v) is 2.47. The maximum absolute atomic E-state index is 13.4. The van der Waals surface area contributed by atoms with Crippen LogP contribution in [-0.4, -0.2) is 25.0 Å². The molecule has 2 rings (SSSR count). The predicted octanol–water partition coefficient (Wildman–Crippen LogP) is 2.90. The summed E-state index contributed by atoms with van der Waals surface area (Å²) < 4.78 is 18.7. The van der Waals surface area contributed by atoms with Crippen molar-refractivity contribution in [3.63, 3.8) is 0 Å². The van der Waals surface area contributed by atoms with Gasteiger partial charge >= 0.3 is 0 Å². The van der Waals surface area contributed by atoms with Crippen molar-refractivity contribution in [3.8, 4) is 5.75 Å². The molecule has 0 radical (unpaired) electrons. The highest BCUT2D eigenvalue weighted by atomic mass is 19.1. The SMILES string of the molecule is CC(=O)N[C@H](CC(=O)NCCOc1ccccc1F)c1ccc(C)cc1. The topological polar surface area (TPSA) is 67.4 Å². The molecule has 0 aliphatic carbocycles. The highest BCUT2D eigenvalue weighted by molar-refractivity contribution is 5.79. The van der Waals surface area contributed by atoms with E-state index in [1.54, 1.807) is 12.1 Å². The van der Waals surface area contributed by atoms with Gasteiger partial charge in [0.05, 0.1) is 19.0 Å². The fraction of sp³-hybridized carbons (Fsp3) is 0.300. The number of benzene rings is 2. The zero-order valence-electron chi connectivity index (χ0n) is 14.9. The van der Waals surface area contributed by atoms with E-state index >= 15 is 0 Å². The van der Waals surface area contributed by atoms with E-state index in [1.807, 2.05) is 31.2 Å². The zero-order valence-corrected chi connectivity index (χ0v) is 14.9. The molecule has 2 N–H and O–H groups in total. The van der Waals surface area contributed by atoms with Gasteiger partial charge in [0, 0.05) is 6.92 Å². The van der Waals surface area contributed by atoms with Crippen LogP contribution in [0.4, 0.5) is 4.39 Å². The van der Waals surface area contributed by atoms with Gasteiger partial charge in [-0.05, 0) is 24.6 Å². The Labute approximate surface area is 152 Å². The number of amides is 2. The number of nitrogens with one attached hydrogen (secondary N) is 2. The van der Waals surface area contributed by atoms with Crippen LogP contribution in [0.1, 0.15) is 30.5 Å². The van der Waals surface area contributed by atoms with Crippen molar-refractivity contribution in [2.24, 2.45) is 0 Å². The normalized spacial score (nSPS) is 11.5. The quantitative estimate of drug-likeness (QED) is 0.713. The van der Waals surface area contributed by atoms with Gasteiger partial charge in [0.15, 0.2) is 11.6 Å². The molecule has 0 bridgehead atoms. The number of hydrogen-bond acceptors (Lipinski definition) is 3. The minimum absolute atomic E-state index is 0.113. The first-order chi connectivity index (χ1) is 12.5. The molecule has 0 aromatic heterocycles. The Balaban J connectivity index is 1.84. The second-order valence-electron chi connectivity index (χ2n) is 6.00. The van der Waals surface area contributed by atoms with Gasteiger partial charge in [-0.3, -0.25) is 9.59 Å². The Morgan fingerprint density at radius 3 is 2.46 bits per heavy atom. The lowest BCUT2D eigenvalue weighted by molar-refractivity contribution is -0.122. The number of hydrogen-bond donors (Lipinski definition) is 2. The molecule has 0 aliphatic rings. The van der Waals surface area contributed by atoms with Crippen LogP contribution in [0.2, 0.25) is 0 Å². The summed E-state index contributed by atoms with van der Waals surface area (Å²) in [5, 5.41) is 5.51. The van der Waals surface area contributed by atoms with Gasteiger partial charge in [-0.25, -0.2) is 4.39 Å². The molecule has 0 unspecified atom stereocenters. The summed E-state index contributed by atoms with van der Waals surface area (Å²) in [6.45, 7) is 3.79. The minimum atomic E-state index is -0.441. The van der Waals surface area contributed by atoms with Gasteiger partial charge < -0.3 is 15.4 Å². The molecule has 26 heavy (non-hydrogen) atoms. The van der Waals surface area contributed by atoms with Gasteiger partial charge in [0.1, 0.15) is 6.61 Å². The Hall–Kier alpha value is -2.89. The Bertz CT molecular complexity index is 747. The van der Waals surface area contributed by atoms with Crippen LogP contribution in [0.25, 0.3) is 0 Å². The third kappa shape index (κ3) is 6.20. The molecular formula is C20H23FN2O3. The van der Waals surface area contributed by atoms with Crippen LogP contribution >= 0.6 is 0 Å². The summed E-state index contributed by atoms with van der Waals surface area (Å²) in [5.41, 5.74) is 1.97. The van der Waals surface area contributed by atoms with Gasteiger partial charge in [-0.1, -0.05) is 42.0 Å². The smallest absolute Gasteiger partial charge is 0.222 e. The second kappa shape index (κ2) is 9.56. The lowest BCUT2D eigenvalue weighted by Crippen LogP contribution is -2.34. The van der Waals surface area contributed by atoms with Gasteiger partial charge in [-0.15, -0.1) is 0 Å². The van der Waals surface area contributed by atoms with Gasteiger partial charge in [0.25, 0.3) is 0 Å². The summed E-state index contributed by atoms with van der Waals surface area (Å²) in [5.74, 6) is -0.714. The standard InChI is InChI=1S/C20H23FN2O3/c1-14-7-9-16(10-8-14)18(23-15(2)24)13-20(25)22-11-12-26-19-6-4-3-5-17(19)21/h3-10,18H,11-13H2,1-2H3,(H,22,25)(H,23,24)/t18-/m1/s1. The molecule has 138 valence electrons. The van der Waals surface area contributed by atoms with Crippen molar-refractivity contribution in [1.29, 1.82) is 0 Å². The molecule has 2 aromatic carbocycles. The maximum atomic E-state index is 13.4. The van der Waals surface area contributed by atoms with E-state index in [0.29, 0.717) is 0 Å². The summed E-state index contributed by atoms with van der Waals surface area (Å²) in [7, 11) is 0. The van der Waals surface area contributed by atoms with E-state index in [2.05, 4.69) is 10.6 Å². The lowest BCUT2D eigenvalue weighted by Gasteiger charge is -2.18. The second-order valence-corrected chi connectivity index (χ2v) is 6.00. The van der Waals surface area contributed by atoms with Gasteiger partial charge in [0.2, 0.25) is 11.8 Å². The number of para-hydroxylation sites is 1. The molecular weight excluding hydrogens is 335 g/mol. The van der Waals surface area contributed by atoms with Crippen molar-refractivity contribution < 1.29 is 18.7 Å². The minimum Gasteiger partial charge on any atom is -0.489 e. The number of halogens is 1. The molecule has 2 aromatic rings. The first-order valence-corrected chi connectivity index (χ1v) is 8.43. The Kier molecular flexibility index (Phi) is 7.14. The summed E-state index contributed by atoms with van der Waals surface area (Å²) in [6.07, 6.45) is 0.113. The van der Waals surface area contributed by atoms with E-state index in [4.69, 9.17) is 4.74 Å². The molecule has 0 fully saturated rings. The largest absolute Gasteiger partial charge is 0.489 e. The van der Waals surface area contributed by atoms with Crippen LogP contribution < -0.4 is 15.4 Å². The van der Waals surface area contributed by atoms with Crippen LogP contribution in [0, 0.1) is 12.7 Å². The molecule has 6 heteroatoms. The Morgan fingerprint density at radius 2 is 1.81 bits per heavy atom. The average Bonchev–Trinajstić information content (AvgIpc) is 2.60. The van der Waals surface area contributed by atoms with E-state index in [-0.39, 0.29) is 37.1 Å². The highest BCUT2D eigenvalue weighted by Crippen LogP contribution is 2.18. The van der Waals surface area contributed by atoms with Crippen molar-refractivity contribution in [3.05, 3.63) is 65.5 Å². The van der Waals surface area contributed by atoms with E-state index in [0.717, 1.165) is 11.1 Å². The average molecular weight is 358 g/mol. The van der Waals surface area contributed by atoms with Crippen molar-refractivity contribution >= 4 is 11.8 Å². The maximum Gasteiger partial charge on any atom is 0.222 e. The van der Waals surface area contributed by atoms with Crippen LogP contribution in [0.3, 0.4) is 0 Å². The number of ether oxygens (including phenoxy) is 1. The first kappa shape index (κ1) is 19.4. The summed E-state index contributed by atoms with van der Waals surface area (Å²) in [4.78, 5) is 23.6. The molecule has 0 spiro atoms. The van der Waals surface area contributed by atoms with Crippen LogP contribution in [-0.2, 0) is 9.59 Å². The predicted molar refractivity (Wildman–Crippen MR) is 97.3 cm³/mol.